The minimum Gasteiger partial charge on any atom is -0.398 e. The molecule has 0 aliphatic carbocycles. The molecule has 0 unspecified atom stereocenters. The Balaban J connectivity index is 2.56. The van der Waals surface area contributed by atoms with Gasteiger partial charge in [0.25, 0.3) is 5.91 Å². The number of anilines is 1. The summed E-state index contributed by atoms with van der Waals surface area (Å²) in [5.74, 6) is -0.0743. The Morgan fingerprint density at radius 2 is 2.00 bits per heavy atom. The standard InChI is InChI=1S/C17H28N2O/c1-5-6-7-10-17(3,4)12-19-16(20)14-11-13(2)8-9-15(14)18/h8-9,11H,5-7,10,12,18H2,1-4H3,(H,19,20). The van der Waals surface area contributed by atoms with Gasteiger partial charge in [-0.3, -0.25) is 4.79 Å². The number of nitrogens with two attached hydrogens (primary N) is 1. The molecule has 0 aliphatic heterocycles. The van der Waals surface area contributed by atoms with Crippen LogP contribution in [0.15, 0.2) is 18.2 Å². The summed E-state index contributed by atoms with van der Waals surface area (Å²) >= 11 is 0. The van der Waals surface area contributed by atoms with Gasteiger partial charge in [0.2, 0.25) is 0 Å². The highest BCUT2D eigenvalue weighted by Crippen LogP contribution is 2.23. The maximum atomic E-state index is 12.2. The third kappa shape index (κ3) is 5.24. The number of amides is 1. The number of carbonyl (C=O) groups excluding carboxylic acids is 1. The third-order valence-electron chi connectivity index (χ3n) is 3.64. The molecule has 0 fully saturated rings. The van der Waals surface area contributed by atoms with Crippen LogP contribution in [0.2, 0.25) is 0 Å². The second-order valence-corrected chi connectivity index (χ2v) is 6.39. The van der Waals surface area contributed by atoms with Gasteiger partial charge in [-0.25, -0.2) is 0 Å². The van der Waals surface area contributed by atoms with Gasteiger partial charge in [-0.15, -0.1) is 0 Å². The van der Waals surface area contributed by atoms with Crippen LogP contribution in [-0.4, -0.2) is 12.5 Å². The van der Waals surface area contributed by atoms with Crippen LogP contribution in [0.5, 0.6) is 0 Å². The number of hydrogen-bond donors (Lipinski definition) is 2. The van der Waals surface area contributed by atoms with Crippen LogP contribution < -0.4 is 11.1 Å². The fraction of sp³-hybridized carbons (Fsp3) is 0.588. The number of rotatable bonds is 7. The van der Waals surface area contributed by atoms with Gasteiger partial charge in [-0.2, -0.15) is 0 Å². The van der Waals surface area contributed by atoms with Crippen LogP contribution >= 0.6 is 0 Å². The highest BCUT2D eigenvalue weighted by atomic mass is 16.1. The first-order valence-corrected chi connectivity index (χ1v) is 7.50. The molecule has 0 saturated carbocycles. The van der Waals surface area contributed by atoms with Gasteiger partial charge in [0.05, 0.1) is 5.56 Å². The summed E-state index contributed by atoms with van der Waals surface area (Å²) in [6.07, 6.45) is 4.82. The van der Waals surface area contributed by atoms with Gasteiger partial charge >= 0.3 is 0 Å². The maximum absolute atomic E-state index is 12.2. The van der Waals surface area contributed by atoms with E-state index in [1.54, 1.807) is 6.07 Å². The lowest BCUT2D eigenvalue weighted by Gasteiger charge is -2.25. The van der Waals surface area contributed by atoms with E-state index >= 15 is 0 Å². The fourth-order valence-corrected chi connectivity index (χ4v) is 2.22. The second-order valence-electron chi connectivity index (χ2n) is 6.39. The Bertz CT molecular complexity index is 452. The Labute approximate surface area is 122 Å². The zero-order chi connectivity index (χ0) is 15.2. The number of nitrogen functional groups attached to an aromatic ring is 1. The Morgan fingerprint density at radius 3 is 2.65 bits per heavy atom. The average molecular weight is 276 g/mol. The first-order chi connectivity index (χ1) is 9.35. The highest BCUT2D eigenvalue weighted by Gasteiger charge is 2.19. The van der Waals surface area contributed by atoms with E-state index in [1.807, 2.05) is 19.1 Å². The summed E-state index contributed by atoms with van der Waals surface area (Å²) < 4.78 is 0. The van der Waals surface area contributed by atoms with Crippen molar-refractivity contribution in [2.45, 2.75) is 53.4 Å². The first kappa shape index (κ1) is 16.5. The van der Waals surface area contributed by atoms with Crippen LogP contribution in [0.4, 0.5) is 5.69 Å². The van der Waals surface area contributed by atoms with E-state index in [4.69, 9.17) is 5.73 Å². The first-order valence-electron chi connectivity index (χ1n) is 7.50. The molecule has 112 valence electrons. The molecular formula is C17H28N2O. The van der Waals surface area contributed by atoms with Crippen LogP contribution in [0.1, 0.15) is 62.4 Å². The minimum atomic E-state index is -0.0743. The Hall–Kier alpha value is -1.51. The molecule has 0 heterocycles. The summed E-state index contributed by atoms with van der Waals surface area (Å²) in [5, 5.41) is 3.02. The number of aryl methyl sites for hydroxylation is 1. The number of carbonyl (C=O) groups is 1. The molecule has 3 N–H and O–H groups in total. The van der Waals surface area contributed by atoms with Crippen molar-refractivity contribution >= 4 is 11.6 Å². The molecule has 0 atom stereocenters. The van der Waals surface area contributed by atoms with Crippen molar-refractivity contribution in [2.75, 3.05) is 12.3 Å². The van der Waals surface area contributed by atoms with Crippen molar-refractivity contribution in [3.63, 3.8) is 0 Å². The molecule has 1 amide bonds. The van der Waals surface area contributed by atoms with Crippen molar-refractivity contribution in [1.82, 2.24) is 5.32 Å². The lowest BCUT2D eigenvalue weighted by molar-refractivity contribution is 0.0935. The summed E-state index contributed by atoms with van der Waals surface area (Å²) in [4.78, 5) is 12.2. The Kier molecular flexibility index (Phi) is 6.05. The quantitative estimate of drug-likeness (QED) is 0.586. The zero-order valence-corrected chi connectivity index (χ0v) is 13.3. The van der Waals surface area contributed by atoms with E-state index in [9.17, 15) is 4.79 Å². The number of hydrogen-bond acceptors (Lipinski definition) is 2. The molecule has 0 radical (unpaired) electrons. The topological polar surface area (TPSA) is 55.1 Å². The van der Waals surface area contributed by atoms with Crippen molar-refractivity contribution in [1.29, 1.82) is 0 Å². The molecule has 20 heavy (non-hydrogen) atoms. The molecule has 3 nitrogen and oxygen atoms in total. The molecule has 0 saturated heterocycles. The van der Waals surface area contributed by atoms with Crippen LogP contribution in [0.3, 0.4) is 0 Å². The molecule has 0 aliphatic rings. The molecular weight excluding hydrogens is 248 g/mol. The average Bonchev–Trinajstić information content (AvgIpc) is 2.39. The summed E-state index contributed by atoms with van der Waals surface area (Å²) in [6, 6.07) is 5.55. The van der Waals surface area contributed by atoms with E-state index in [2.05, 4.69) is 26.1 Å². The van der Waals surface area contributed by atoms with Gasteiger partial charge in [-0.1, -0.05) is 51.7 Å². The fourth-order valence-electron chi connectivity index (χ4n) is 2.22. The van der Waals surface area contributed by atoms with Crippen molar-refractivity contribution in [2.24, 2.45) is 5.41 Å². The molecule has 1 rings (SSSR count). The van der Waals surface area contributed by atoms with Gasteiger partial charge < -0.3 is 11.1 Å². The van der Waals surface area contributed by atoms with Gasteiger partial charge in [0, 0.05) is 12.2 Å². The van der Waals surface area contributed by atoms with E-state index < -0.39 is 0 Å². The number of unbranched alkanes of at least 4 members (excludes halogenated alkanes) is 2. The molecule has 1 aromatic rings. The monoisotopic (exact) mass is 276 g/mol. The third-order valence-corrected chi connectivity index (χ3v) is 3.64. The van der Waals surface area contributed by atoms with Crippen molar-refractivity contribution in [3.8, 4) is 0 Å². The van der Waals surface area contributed by atoms with Crippen molar-refractivity contribution in [3.05, 3.63) is 29.3 Å². The largest absolute Gasteiger partial charge is 0.398 e. The predicted octanol–water partition coefficient (Wildman–Crippen LogP) is 3.91. The summed E-state index contributed by atoms with van der Waals surface area (Å²) in [6.45, 7) is 9.24. The van der Waals surface area contributed by atoms with Gasteiger partial charge in [0.1, 0.15) is 0 Å². The second kappa shape index (κ2) is 7.32. The normalized spacial score (nSPS) is 11.4. The highest BCUT2D eigenvalue weighted by molar-refractivity contribution is 5.99. The van der Waals surface area contributed by atoms with Crippen LogP contribution in [-0.2, 0) is 0 Å². The van der Waals surface area contributed by atoms with Crippen LogP contribution in [0.25, 0.3) is 0 Å². The van der Waals surface area contributed by atoms with E-state index in [0.717, 1.165) is 12.0 Å². The van der Waals surface area contributed by atoms with E-state index in [-0.39, 0.29) is 11.3 Å². The van der Waals surface area contributed by atoms with Gasteiger partial charge in [-0.05, 0) is 30.9 Å². The molecule has 0 aromatic heterocycles. The van der Waals surface area contributed by atoms with E-state index in [1.165, 1.54) is 19.3 Å². The van der Waals surface area contributed by atoms with Crippen LogP contribution in [0, 0.1) is 12.3 Å². The van der Waals surface area contributed by atoms with E-state index in [0.29, 0.717) is 17.8 Å². The lowest BCUT2D eigenvalue weighted by atomic mass is 9.87. The minimum absolute atomic E-state index is 0.0743. The molecule has 0 spiro atoms. The lowest BCUT2D eigenvalue weighted by Crippen LogP contribution is -2.34. The molecule has 3 heteroatoms. The number of benzene rings is 1. The predicted molar refractivity (Wildman–Crippen MR) is 85.8 cm³/mol. The van der Waals surface area contributed by atoms with Crippen molar-refractivity contribution < 1.29 is 4.79 Å². The SMILES string of the molecule is CCCCCC(C)(C)CNC(=O)c1cc(C)ccc1N. The molecule has 0 bridgehead atoms. The zero-order valence-electron chi connectivity index (χ0n) is 13.3. The maximum Gasteiger partial charge on any atom is 0.253 e. The molecule has 1 aromatic carbocycles. The number of nitrogens with one attached hydrogen (secondary N) is 1. The summed E-state index contributed by atoms with van der Waals surface area (Å²) in [5.41, 5.74) is 8.16. The van der Waals surface area contributed by atoms with Gasteiger partial charge in [0.15, 0.2) is 0 Å². The Morgan fingerprint density at radius 1 is 1.30 bits per heavy atom. The summed E-state index contributed by atoms with van der Waals surface area (Å²) in [7, 11) is 0. The smallest absolute Gasteiger partial charge is 0.253 e.